The molecule has 37 heavy (non-hydrogen) atoms. The van der Waals surface area contributed by atoms with Gasteiger partial charge in [-0.1, -0.05) is 108 Å². The van der Waals surface area contributed by atoms with Crippen LogP contribution in [0, 0.1) is 40.7 Å². The Bertz CT molecular complexity index is 1130. The van der Waals surface area contributed by atoms with E-state index in [0.29, 0.717) is 22.3 Å². The number of benzene rings is 4. The topological polar surface area (TPSA) is 102 Å². The quantitative estimate of drug-likeness (QED) is 0.132. The van der Waals surface area contributed by atoms with Crippen LogP contribution in [0.5, 0.6) is 0 Å². The summed E-state index contributed by atoms with van der Waals surface area (Å²) in [5.41, 5.74) is 2.10. The number of rotatable bonds is 8. The molecule has 0 spiro atoms. The molecule has 0 aliphatic rings. The third kappa shape index (κ3) is 10.6. The van der Waals surface area contributed by atoms with E-state index in [1.165, 1.54) is 0 Å². The molecule has 0 bridgehead atoms. The van der Waals surface area contributed by atoms with Gasteiger partial charge in [0.15, 0.2) is 0 Å². The van der Waals surface area contributed by atoms with Crippen LogP contribution in [0.1, 0.15) is 41.4 Å². The number of carbonyl (C=O) groups is 4. The molecule has 4 aromatic rings. The number of hydrogen-bond acceptors (Lipinski definition) is 6. The molecule has 7 heteroatoms. The first-order valence-electron chi connectivity index (χ1n) is 11.0. The van der Waals surface area contributed by atoms with E-state index in [1.54, 1.807) is 97.1 Å². The van der Waals surface area contributed by atoms with E-state index in [9.17, 15) is 19.2 Å². The summed E-state index contributed by atoms with van der Waals surface area (Å²) in [5.74, 6) is -1.06. The van der Waals surface area contributed by atoms with Gasteiger partial charge in [0.2, 0.25) is 0 Å². The van der Waals surface area contributed by atoms with Crippen LogP contribution in [-0.4, -0.2) is 23.1 Å². The Morgan fingerprint density at radius 2 is 0.541 bits per heavy atom. The first-order chi connectivity index (χ1) is 18.0. The predicted octanol–water partition coefficient (Wildman–Crippen LogP) is 5.68. The third-order valence-corrected chi connectivity index (χ3v) is 4.76. The molecule has 6 nitrogen and oxygen atoms in total. The molecular weight excluding hydrogens is 694 g/mol. The molecule has 4 rings (SSSR count). The van der Waals surface area contributed by atoms with Gasteiger partial charge < -0.3 is 19.2 Å². The summed E-state index contributed by atoms with van der Waals surface area (Å²) in [7, 11) is 0. The molecule has 0 aliphatic carbocycles. The van der Waals surface area contributed by atoms with E-state index < -0.39 is 27.8 Å². The molecule has 0 amide bonds. The normalized spacial score (nSPS) is 9.08. The maximum atomic E-state index is 11.8. The molecule has 0 heterocycles. The van der Waals surface area contributed by atoms with Crippen LogP contribution in [0.25, 0.3) is 0 Å². The summed E-state index contributed by atoms with van der Waals surface area (Å²) in [6.07, 6.45) is 2.26. The van der Waals surface area contributed by atoms with Gasteiger partial charge in [-0.15, -0.1) is 48.5 Å². The Balaban J connectivity index is 0.000000235. The van der Waals surface area contributed by atoms with Crippen molar-refractivity contribution in [3.8, 4) is 0 Å². The van der Waals surface area contributed by atoms with E-state index in [-0.39, 0.29) is 23.1 Å². The van der Waals surface area contributed by atoms with Crippen molar-refractivity contribution in [2.75, 3.05) is 0 Å². The predicted molar refractivity (Wildman–Crippen MR) is 133 cm³/mol. The summed E-state index contributed by atoms with van der Waals surface area (Å²) in [5, 5.41) is 0. The second-order valence-electron chi connectivity index (χ2n) is 7.29. The molecule has 182 valence electrons. The summed E-state index contributed by atoms with van der Waals surface area (Å²) < 4.78 is 17.2. The molecule has 0 saturated carbocycles. The third-order valence-electron chi connectivity index (χ3n) is 4.76. The van der Waals surface area contributed by atoms with Gasteiger partial charge in [-0.2, -0.15) is 0 Å². The van der Waals surface area contributed by atoms with Gasteiger partial charge >= 0.3 is 32.3 Å². The molecule has 4 aromatic carbocycles. The number of carbonyl (C=O) groups excluding carboxylic acids is 4. The molecule has 0 fully saturated rings. The van der Waals surface area contributed by atoms with Crippen LogP contribution in [0.15, 0.2) is 121 Å². The average Bonchev–Trinajstić information content (AvgIpc) is 2.95. The van der Waals surface area contributed by atoms with Gasteiger partial charge in [-0.3, -0.25) is 0 Å². The average molecular weight is 717 g/mol. The fraction of sp³-hybridized carbons (Fsp3) is 0. The van der Waals surface area contributed by atoms with Crippen molar-refractivity contribution >= 4 is 23.1 Å². The van der Waals surface area contributed by atoms with Crippen LogP contribution in [0.3, 0.4) is 0 Å². The SMILES string of the molecule is O=C([CH-]C(=O)c1ccccc1)c1ccccc1.O=C([CH-]C(=O)c1ccccc1)c1ccccc1.[O]=[U+2]=[O]. The van der Waals surface area contributed by atoms with Crippen molar-refractivity contribution in [1.82, 2.24) is 0 Å². The van der Waals surface area contributed by atoms with Crippen molar-refractivity contribution in [1.29, 1.82) is 0 Å². The van der Waals surface area contributed by atoms with E-state index in [2.05, 4.69) is 0 Å². The van der Waals surface area contributed by atoms with Crippen molar-refractivity contribution in [2.24, 2.45) is 0 Å². The standard InChI is InChI=1S/2C15H11O2.2O.U/c2*16-14(12-7-3-1-4-8-12)11-15(17)13-9-5-2-6-10-13;;;/h2*1-11H;;;/q2*-1;;;+2. The zero-order chi connectivity index (χ0) is 26.9. The van der Waals surface area contributed by atoms with Crippen molar-refractivity contribution in [2.45, 2.75) is 0 Å². The Morgan fingerprint density at radius 1 is 0.378 bits per heavy atom. The molecular formula is C30H22O6U. The van der Waals surface area contributed by atoms with Gasteiger partial charge in [0, 0.05) is 0 Å². The number of ketones is 4. The van der Waals surface area contributed by atoms with Crippen LogP contribution < -0.4 is 0 Å². The Hall–Kier alpha value is -4.05. The minimum atomic E-state index is -2.51. The second kappa shape index (κ2) is 16.6. The molecule has 0 unspecified atom stereocenters. The Labute approximate surface area is 230 Å². The molecule has 0 atom stereocenters. The molecule has 0 saturated heterocycles. The monoisotopic (exact) mass is 716 g/mol. The van der Waals surface area contributed by atoms with Crippen LogP contribution in [0.2, 0.25) is 0 Å². The number of hydrogen-bond donors (Lipinski definition) is 0. The summed E-state index contributed by atoms with van der Waals surface area (Å²) in [4.78, 5) is 47.0. The fourth-order valence-corrected chi connectivity index (χ4v) is 2.98. The molecule has 0 aromatic heterocycles. The first kappa shape index (κ1) is 29.2. The summed E-state index contributed by atoms with van der Waals surface area (Å²) in [6.45, 7) is 0. The van der Waals surface area contributed by atoms with Gasteiger partial charge in [0.05, 0.1) is 23.1 Å². The Kier molecular flexibility index (Phi) is 13.1. The van der Waals surface area contributed by atoms with E-state index in [4.69, 9.17) is 4.47 Å². The van der Waals surface area contributed by atoms with E-state index in [0.717, 1.165) is 12.8 Å². The summed E-state index contributed by atoms with van der Waals surface area (Å²) in [6, 6.07) is 35.0. The van der Waals surface area contributed by atoms with Gasteiger partial charge in [0.1, 0.15) is 0 Å². The zero-order valence-corrected chi connectivity index (χ0v) is 23.8. The maximum absolute atomic E-state index is 11.8. The summed E-state index contributed by atoms with van der Waals surface area (Å²) >= 11 is -2.51. The van der Waals surface area contributed by atoms with Crippen molar-refractivity contribution in [3.63, 3.8) is 0 Å². The van der Waals surface area contributed by atoms with Gasteiger partial charge in [-0.25, -0.2) is 0 Å². The fourth-order valence-electron chi connectivity index (χ4n) is 2.98. The molecule has 0 aliphatic heterocycles. The van der Waals surface area contributed by atoms with E-state index >= 15 is 0 Å². The molecule has 0 radical (unpaired) electrons. The zero-order valence-electron chi connectivity index (χ0n) is 19.7. The minimum absolute atomic E-state index is 0.264. The second-order valence-corrected chi connectivity index (χ2v) is 7.99. The Morgan fingerprint density at radius 3 is 0.703 bits per heavy atom. The van der Waals surface area contributed by atoms with E-state index in [1.807, 2.05) is 24.3 Å². The van der Waals surface area contributed by atoms with Crippen LogP contribution >= 0.6 is 0 Å². The van der Waals surface area contributed by atoms with Gasteiger partial charge in [-0.05, 0) is 0 Å². The van der Waals surface area contributed by atoms with Crippen molar-refractivity contribution in [3.05, 3.63) is 156 Å². The van der Waals surface area contributed by atoms with Crippen LogP contribution in [-0.2, 0) is 4.47 Å². The van der Waals surface area contributed by atoms with Gasteiger partial charge in [0.25, 0.3) is 0 Å². The van der Waals surface area contributed by atoms with Crippen molar-refractivity contribution < 1.29 is 51.5 Å². The number of Topliss-reactive ketones (excluding diaryl/α,β-unsaturated/α-hetero) is 4. The molecule has 0 N–H and O–H groups in total. The van der Waals surface area contributed by atoms with Crippen LogP contribution in [0.4, 0.5) is 0 Å². The first-order valence-corrected chi connectivity index (χ1v) is 14.4.